The number of carbonyl (C=O) groups excluding carboxylic acids is 1. The first-order valence-corrected chi connectivity index (χ1v) is 5.33. The molecule has 84 valence electrons. The van der Waals surface area contributed by atoms with Crippen LogP contribution in [0, 0.1) is 0 Å². The van der Waals surface area contributed by atoms with E-state index in [0.717, 1.165) is 11.4 Å². The molecule has 16 heavy (non-hydrogen) atoms. The molecule has 1 aromatic rings. The van der Waals surface area contributed by atoms with Gasteiger partial charge in [-0.2, -0.15) is 5.10 Å². The first-order chi connectivity index (χ1) is 7.81. The third-order valence-electron chi connectivity index (χ3n) is 2.31. The van der Waals surface area contributed by atoms with Gasteiger partial charge in [0.05, 0.1) is 24.4 Å². The van der Waals surface area contributed by atoms with Gasteiger partial charge in [0.15, 0.2) is 0 Å². The summed E-state index contributed by atoms with van der Waals surface area (Å²) in [6.07, 6.45) is 0.356. The number of benzene rings is 1. The van der Waals surface area contributed by atoms with Gasteiger partial charge in [-0.25, -0.2) is 5.01 Å². The van der Waals surface area contributed by atoms with Crippen LogP contribution in [0.25, 0.3) is 0 Å². The Labute approximate surface area is 94.5 Å². The molecule has 2 rings (SSSR count). The van der Waals surface area contributed by atoms with Crippen LogP contribution in [0.15, 0.2) is 35.4 Å². The molecule has 0 aliphatic carbocycles. The predicted octanol–water partition coefficient (Wildman–Crippen LogP) is 1.82. The molecule has 0 fully saturated rings. The molecule has 0 unspecified atom stereocenters. The average molecular weight is 218 g/mol. The third-order valence-corrected chi connectivity index (χ3v) is 2.31. The highest BCUT2D eigenvalue weighted by Gasteiger charge is 2.24. The fraction of sp³-hybridized carbons (Fsp3) is 0.333. The van der Waals surface area contributed by atoms with Gasteiger partial charge in [-0.05, 0) is 19.1 Å². The van der Waals surface area contributed by atoms with Gasteiger partial charge in [0.1, 0.15) is 0 Å². The minimum atomic E-state index is 0.000836. The van der Waals surface area contributed by atoms with Crippen molar-refractivity contribution in [2.45, 2.75) is 13.3 Å². The Bertz CT molecular complexity index is 401. The van der Waals surface area contributed by atoms with E-state index in [2.05, 4.69) is 5.10 Å². The van der Waals surface area contributed by atoms with Crippen molar-refractivity contribution in [2.24, 2.45) is 5.10 Å². The van der Waals surface area contributed by atoms with Gasteiger partial charge in [-0.1, -0.05) is 18.2 Å². The number of hydrazone groups is 1. The molecule has 1 aliphatic rings. The van der Waals surface area contributed by atoms with Crippen LogP contribution in [0.4, 0.5) is 5.69 Å². The second-order valence-electron chi connectivity index (χ2n) is 3.52. The summed E-state index contributed by atoms with van der Waals surface area (Å²) >= 11 is 0. The highest BCUT2D eigenvalue weighted by molar-refractivity contribution is 6.13. The smallest absolute Gasteiger partial charge is 0.253 e. The number of rotatable bonds is 4. The maximum Gasteiger partial charge on any atom is 0.253 e. The molecule has 1 aromatic carbocycles. The number of nitrogens with zero attached hydrogens (tertiary/aromatic N) is 2. The second kappa shape index (κ2) is 4.90. The van der Waals surface area contributed by atoms with Crippen molar-refractivity contribution in [1.82, 2.24) is 0 Å². The largest absolute Gasteiger partial charge is 0.376 e. The Morgan fingerprint density at radius 3 is 2.81 bits per heavy atom. The normalized spacial score (nSPS) is 15.4. The first kappa shape index (κ1) is 10.8. The Morgan fingerprint density at radius 2 is 2.12 bits per heavy atom. The van der Waals surface area contributed by atoms with E-state index in [1.807, 2.05) is 37.3 Å². The van der Waals surface area contributed by atoms with Crippen LogP contribution < -0.4 is 5.01 Å². The lowest BCUT2D eigenvalue weighted by atomic mass is 10.2. The van der Waals surface area contributed by atoms with Crippen molar-refractivity contribution in [3.05, 3.63) is 30.3 Å². The second-order valence-corrected chi connectivity index (χ2v) is 3.52. The molecule has 0 atom stereocenters. The number of para-hydroxylation sites is 1. The van der Waals surface area contributed by atoms with Crippen molar-refractivity contribution in [1.29, 1.82) is 0 Å². The van der Waals surface area contributed by atoms with Gasteiger partial charge < -0.3 is 4.74 Å². The Hall–Kier alpha value is -1.68. The van der Waals surface area contributed by atoms with Crippen molar-refractivity contribution in [3.63, 3.8) is 0 Å². The summed E-state index contributed by atoms with van der Waals surface area (Å²) in [5.41, 5.74) is 1.59. The molecule has 1 amide bonds. The van der Waals surface area contributed by atoms with Crippen LogP contribution >= 0.6 is 0 Å². The summed E-state index contributed by atoms with van der Waals surface area (Å²) < 4.78 is 5.24. The van der Waals surface area contributed by atoms with Gasteiger partial charge in [0, 0.05) is 6.61 Å². The lowest BCUT2D eigenvalue weighted by Gasteiger charge is -2.10. The summed E-state index contributed by atoms with van der Waals surface area (Å²) in [6, 6.07) is 9.42. The molecule has 4 heteroatoms. The van der Waals surface area contributed by atoms with E-state index >= 15 is 0 Å². The molecule has 1 heterocycles. The number of hydrogen-bond acceptors (Lipinski definition) is 3. The van der Waals surface area contributed by atoms with E-state index in [0.29, 0.717) is 19.6 Å². The van der Waals surface area contributed by atoms with E-state index in [1.54, 1.807) is 0 Å². The van der Waals surface area contributed by atoms with E-state index < -0.39 is 0 Å². The quantitative estimate of drug-likeness (QED) is 0.773. The molecular formula is C12H14N2O2. The number of anilines is 1. The van der Waals surface area contributed by atoms with Gasteiger partial charge in [0.2, 0.25) is 0 Å². The molecule has 0 N–H and O–H groups in total. The zero-order valence-electron chi connectivity index (χ0n) is 9.22. The van der Waals surface area contributed by atoms with E-state index in [1.165, 1.54) is 5.01 Å². The topological polar surface area (TPSA) is 41.9 Å². The molecule has 0 radical (unpaired) electrons. The lowest BCUT2D eigenvalue weighted by Crippen LogP contribution is -2.19. The highest BCUT2D eigenvalue weighted by Crippen LogP contribution is 2.19. The van der Waals surface area contributed by atoms with Crippen molar-refractivity contribution < 1.29 is 9.53 Å². The fourth-order valence-corrected chi connectivity index (χ4v) is 1.55. The van der Waals surface area contributed by atoms with Crippen LogP contribution in [0.5, 0.6) is 0 Å². The standard InChI is InChI=1S/C12H14N2O2/c1-2-16-9-10-8-12(15)14(13-10)11-6-4-3-5-7-11/h3-7H,2,8-9H2,1H3. The van der Waals surface area contributed by atoms with Crippen molar-refractivity contribution in [2.75, 3.05) is 18.2 Å². The van der Waals surface area contributed by atoms with Gasteiger partial charge in [0.25, 0.3) is 5.91 Å². The number of amides is 1. The van der Waals surface area contributed by atoms with Gasteiger partial charge in [-0.15, -0.1) is 0 Å². The van der Waals surface area contributed by atoms with Crippen molar-refractivity contribution >= 4 is 17.3 Å². The summed E-state index contributed by atoms with van der Waals surface area (Å²) in [6.45, 7) is 3.00. The SMILES string of the molecule is CCOCC1=NN(c2ccccc2)C(=O)C1. The molecule has 0 aromatic heterocycles. The van der Waals surface area contributed by atoms with Gasteiger partial charge in [-0.3, -0.25) is 4.79 Å². The molecule has 0 bridgehead atoms. The minimum absolute atomic E-state index is 0.000836. The number of carbonyl (C=O) groups is 1. The molecule has 1 aliphatic heterocycles. The third kappa shape index (κ3) is 2.28. The number of ether oxygens (including phenoxy) is 1. The summed E-state index contributed by atoms with van der Waals surface area (Å²) in [7, 11) is 0. The Balaban J connectivity index is 2.11. The molecule has 0 spiro atoms. The van der Waals surface area contributed by atoms with Crippen molar-refractivity contribution in [3.8, 4) is 0 Å². The van der Waals surface area contributed by atoms with Crippen LogP contribution in [0.3, 0.4) is 0 Å². The van der Waals surface area contributed by atoms with Crippen LogP contribution in [0.1, 0.15) is 13.3 Å². The zero-order chi connectivity index (χ0) is 11.4. The van der Waals surface area contributed by atoms with E-state index in [9.17, 15) is 4.79 Å². The Morgan fingerprint density at radius 1 is 1.38 bits per heavy atom. The summed E-state index contributed by atoms with van der Waals surface area (Å²) in [5.74, 6) is 0.000836. The van der Waals surface area contributed by atoms with E-state index in [-0.39, 0.29) is 5.91 Å². The van der Waals surface area contributed by atoms with Crippen LogP contribution in [-0.4, -0.2) is 24.8 Å². The highest BCUT2D eigenvalue weighted by atomic mass is 16.5. The monoisotopic (exact) mass is 218 g/mol. The van der Waals surface area contributed by atoms with Crippen LogP contribution in [0.2, 0.25) is 0 Å². The Kier molecular flexibility index (Phi) is 3.31. The minimum Gasteiger partial charge on any atom is -0.376 e. The lowest BCUT2D eigenvalue weighted by molar-refractivity contribution is -0.116. The summed E-state index contributed by atoms with van der Waals surface area (Å²) in [5, 5.41) is 5.69. The predicted molar refractivity (Wildman–Crippen MR) is 62.5 cm³/mol. The van der Waals surface area contributed by atoms with Crippen LogP contribution in [-0.2, 0) is 9.53 Å². The van der Waals surface area contributed by atoms with Gasteiger partial charge >= 0.3 is 0 Å². The molecular weight excluding hydrogens is 204 g/mol. The maximum atomic E-state index is 11.7. The molecule has 4 nitrogen and oxygen atoms in total. The van der Waals surface area contributed by atoms with E-state index in [4.69, 9.17) is 4.74 Å². The average Bonchev–Trinajstić information content (AvgIpc) is 2.69. The summed E-state index contributed by atoms with van der Waals surface area (Å²) in [4.78, 5) is 11.7. The molecule has 0 saturated heterocycles. The maximum absolute atomic E-state index is 11.7. The zero-order valence-corrected chi connectivity index (χ0v) is 9.22. The number of hydrogen-bond donors (Lipinski definition) is 0. The first-order valence-electron chi connectivity index (χ1n) is 5.33. The fourth-order valence-electron chi connectivity index (χ4n) is 1.55. The molecule has 0 saturated carbocycles.